The molecule has 0 aliphatic heterocycles. The van der Waals surface area contributed by atoms with Gasteiger partial charge in [-0.2, -0.15) is 0 Å². The molecule has 0 aromatic carbocycles. The Morgan fingerprint density at radius 3 is 2.71 bits per heavy atom. The molecule has 0 aliphatic rings. The zero-order valence-corrected chi connectivity index (χ0v) is 9.93. The SMILES string of the molecule is CSc1cc(C)[nH]c(=O)c1CCN.Cl. The largest absolute Gasteiger partial charge is 0.330 e. The molecule has 0 amide bonds. The van der Waals surface area contributed by atoms with Crippen molar-refractivity contribution in [1.82, 2.24) is 4.98 Å². The van der Waals surface area contributed by atoms with Crippen LogP contribution in [0.2, 0.25) is 0 Å². The number of H-pyrrole nitrogens is 1. The maximum Gasteiger partial charge on any atom is 0.252 e. The van der Waals surface area contributed by atoms with E-state index in [0.29, 0.717) is 13.0 Å². The second kappa shape index (κ2) is 6.11. The average Bonchev–Trinajstić information content (AvgIpc) is 2.09. The van der Waals surface area contributed by atoms with E-state index in [-0.39, 0.29) is 18.0 Å². The van der Waals surface area contributed by atoms with Gasteiger partial charge in [0.1, 0.15) is 0 Å². The fourth-order valence-corrected chi connectivity index (χ4v) is 1.99. The van der Waals surface area contributed by atoms with Gasteiger partial charge in [-0.15, -0.1) is 24.2 Å². The summed E-state index contributed by atoms with van der Waals surface area (Å²) in [6, 6.07) is 1.98. The van der Waals surface area contributed by atoms with Crippen molar-refractivity contribution in [2.75, 3.05) is 12.8 Å². The minimum Gasteiger partial charge on any atom is -0.330 e. The molecule has 1 aromatic rings. The van der Waals surface area contributed by atoms with E-state index in [0.717, 1.165) is 16.2 Å². The van der Waals surface area contributed by atoms with E-state index in [2.05, 4.69) is 4.98 Å². The first-order valence-corrected chi connectivity index (χ1v) is 5.38. The van der Waals surface area contributed by atoms with Gasteiger partial charge in [0.05, 0.1) is 0 Å². The van der Waals surface area contributed by atoms with Crippen LogP contribution in [0.5, 0.6) is 0 Å². The Labute approximate surface area is 93.9 Å². The van der Waals surface area contributed by atoms with Gasteiger partial charge in [0, 0.05) is 16.2 Å². The summed E-state index contributed by atoms with van der Waals surface area (Å²) in [7, 11) is 0. The summed E-state index contributed by atoms with van der Waals surface area (Å²) in [6.45, 7) is 2.40. The Morgan fingerprint density at radius 2 is 2.21 bits per heavy atom. The Morgan fingerprint density at radius 1 is 1.57 bits per heavy atom. The molecule has 0 bridgehead atoms. The molecule has 0 atom stereocenters. The van der Waals surface area contributed by atoms with Crippen LogP contribution in [0.1, 0.15) is 11.3 Å². The zero-order valence-electron chi connectivity index (χ0n) is 8.29. The fraction of sp³-hybridized carbons (Fsp3) is 0.444. The molecule has 0 radical (unpaired) electrons. The van der Waals surface area contributed by atoms with Crippen LogP contribution in [-0.4, -0.2) is 17.8 Å². The second-order valence-corrected chi connectivity index (χ2v) is 3.72. The van der Waals surface area contributed by atoms with Gasteiger partial charge in [0.15, 0.2) is 0 Å². The Hall–Kier alpha value is -0.450. The molecule has 0 aliphatic carbocycles. The number of nitrogens with two attached hydrogens (primary N) is 1. The maximum atomic E-state index is 11.5. The van der Waals surface area contributed by atoms with Crippen molar-refractivity contribution in [3.05, 3.63) is 27.7 Å². The number of hydrogen-bond donors (Lipinski definition) is 2. The lowest BCUT2D eigenvalue weighted by molar-refractivity contribution is 0.903. The van der Waals surface area contributed by atoms with Gasteiger partial charge in [-0.1, -0.05) is 0 Å². The zero-order chi connectivity index (χ0) is 9.84. The smallest absolute Gasteiger partial charge is 0.252 e. The first-order valence-electron chi connectivity index (χ1n) is 4.16. The monoisotopic (exact) mass is 234 g/mol. The molecule has 14 heavy (non-hydrogen) atoms. The molecule has 0 unspecified atom stereocenters. The molecule has 3 nitrogen and oxygen atoms in total. The van der Waals surface area contributed by atoms with E-state index in [1.54, 1.807) is 11.8 Å². The van der Waals surface area contributed by atoms with E-state index in [1.165, 1.54) is 0 Å². The number of aromatic amines is 1. The predicted molar refractivity (Wildman–Crippen MR) is 63.6 cm³/mol. The van der Waals surface area contributed by atoms with Crippen molar-refractivity contribution in [2.45, 2.75) is 18.2 Å². The van der Waals surface area contributed by atoms with Gasteiger partial charge in [0.2, 0.25) is 0 Å². The molecular weight excluding hydrogens is 220 g/mol. The summed E-state index contributed by atoms with van der Waals surface area (Å²) in [6.07, 6.45) is 2.61. The van der Waals surface area contributed by atoms with E-state index >= 15 is 0 Å². The number of rotatable bonds is 3. The Balaban J connectivity index is 0.00000169. The van der Waals surface area contributed by atoms with Gasteiger partial charge in [-0.25, -0.2) is 0 Å². The number of thioether (sulfide) groups is 1. The lowest BCUT2D eigenvalue weighted by Crippen LogP contribution is -2.18. The highest BCUT2D eigenvalue weighted by Crippen LogP contribution is 2.17. The molecule has 5 heteroatoms. The van der Waals surface area contributed by atoms with Crippen LogP contribution in [0, 0.1) is 6.92 Å². The van der Waals surface area contributed by atoms with Crippen LogP contribution in [0.3, 0.4) is 0 Å². The minimum absolute atomic E-state index is 0. The quantitative estimate of drug-likeness (QED) is 0.776. The van der Waals surface area contributed by atoms with Crippen LogP contribution < -0.4 is 11.3 Å². The van der Waals surface area contributed by atoms with Crippen molar-refractivity contribution < 1.29 is 0 Å². The predicted octanol–water partition coefficient (Wildman–Crippen LogP) is 1.33. The third-order valence-corrected chi connectivity index (χ3v) is 2.65. The van der Waals surface area contributed by atoms with Crippen LogP contribution in [-0.2, 0) is 6.42 Å². The molecule has 1 rings (SSSR count). The summed E-state index contributed by atoms with van der Waals surface area (Å²) in [5, 5.41) is 0. The second-order valence-electron chi connectivity index (χ2n) is 2.87. The third-order valence-electron chi connectivity index (χ3n) is 1.84. The van der Waals surface area contributed by atoms with Crippen LogP contribution in [0.4, 0.5) is 0 Å². The molecule has 0 fully saturated rings. The number of hydrogen-bond acceptors (Lipinski definition) is 3. The molecule has 0 saturated carbocycles. The maximum absolute atomic E-state index is 11.5. The Bertz CT molecular complexity index is 351. The molecule has 1 heterocycles. The highest BCUT2D eigenvalue weighted by molar-refractivity contribution is 7.98. The number of nitrogens with one attached hydrogen (secondary N) is 1. The molecule has 80 valence electrons. The van der Waals surface area contributed by atoms with E-state index in [1.807, 2.05) is 19.2 Å². The van der Waals surface area contributed by atoms with Crippen molar-refractivity contribution in [3.63, 3.8) is 0 Å². The van der Waals surface area contributed by atoms with Crippen LogP contribution in [0.15, 0.2) is 15.8 Å². The topological polar surface area (TPSA) is 58.9 Å². The lowest BCUT2D eigenvalue weighted by atomic mass is 10.2. The van der Waals surface area contributed by atoms with Gasteiger partial charge in [-0.05, 0) is 32.2 Å². The summed E-state index contributed by atoms with van der Waals surface area (Å²) in [5.41, 5.74) is 7.13. The molecule has 3 N–H and O–H groups in total. The van der Waals surface area contributed by atoms with E-state index < -0.39 is 0 Å². The number of aryl methyl sites for hydroxylation is 1. The number of pyridine rings is 1. The van der Waals surface area contributed by atoms with Crippen molar-refractivity contribution in [1.29, 1.82) is 0 Å². The van der Waals surface area contributed by atoms with E-state index in [9.17, 15) is 4.79 Å². The van der Waals surface area contributed by atoms with Crippen molar-refractivity contribution in [3.8, 4) is 0 Å². The molecule has 1 aromatic heterocycles. The van der Waals surface area contributed by atoms with Gasteiger partial charge in [-0.3, -0.25) is 4.79 Å². The first-order chi connectivity index (χ1) is 6.19. The van der Waals surface area contributed by atoms with Crippen molar-refractivity contribution in [2.24, 2.45) is 5.73 Å². The minimum atomic E-state index is -0.00481. The van der Waals surface area contributed by atoms with Gasteiger partial charge >= 0.3 is 0 Å². The van der Waals surface area contributed by atoms with Crippen LogP contribution >= 0.6 is 24.2 Å². The first kappa shape index (κ1) is 13.5. The van der Waals surface area contributed by atoms with Gasteiger partial charge in [0.25, 0.3) is 5.56 Å². The van der Waals surface area contributed by atoms with Gasteiger partial charge < -0.3 is 10.7 Å². The summed E-state index contributed by atoms with van der Waals surface area (Å²) in [5.74, 6) is 0. The summed E-state index contributed by atoms with van der Waals surface area (Å²) < 4.78 is 0. The summed E-state index contributed by atoms with van der Waals surface area (Å²) in [4.78, 5) is 15.3. The summed E-state index contributed by atoms with van der Waals surface area (Å²) >= 11 is 1.59. The molecule has 0 spiro atoms. The lowest BCUT2D eigenvalue weighted by Gasteiger charge is -2.05. The molecular formula is C9H15ClN2OS. The highest BCUT2D eigenvalue weighted by atomic mass is 35.5. The van der Waals surface area contributed by atoms with Crippen LogP contribution in [0.25, 0.3) is 0 Å². The van der Waals surface area contributed by atoms with E-state index in [4.69, 9.17) is 5.73 Å². The normalized spacial score (nSPS) is 9.64. The molecule has 0 saturated heterocycles. The standard InChI is InChI=1S/C9H14N2OS.ClH/c1-6-5-8(13-2)7(3-4-10)9(12)11-6;/h5H,3-4,10H2,1-2H3,(H,11,12);1H. The van der Waals surface area contributed by atoms with Crippen molar-refractivity contribution >= 4 is 24.2 Å². The number of halogens is 1. The third kappa shape index (κ3) is 3.04. The fourth-order valence-electron chi connectivity index (χ4n) is 1.25. The Kier molecular flexibility index (Phi) is 5.92. The average molecular weight is 235 g/mol. The number of aromatic nitrogens is 1. The highest BCUT2D eigenvalue weighted by Gasteiger charge is 2.05.